The van der Waals surface area contributed by atoms with Gasteiger partial charge in [0, 0.05) is 13.1 Å². The van der Waals surface area contributed by atoms with Crippen molar-refractivity contribution in [2.24, 2.45) is 0 Å². The number of sulfonamides is 1. The van der Waals surface area contributed by atoms with Gasteiger partial charge in [0.25, 0.3) is 0 Å². The molecule has 0 heterocycles. The molecule has 1 amide bonds. The zero-order valence-corrected chi connectivity index (χ0v) is 13.5. The first-order chi connectivity index (χ1) is 11.1. The van der Waals surface area contributed by atoms with E-state index in [4.69, 9.17) is 0 Å². The average molecular weight is 370 g/mol. The van der Waals surface area contributed by atoms with Crippen LogP contribution in [0.3, 0.4) is 0 Å². The molecular formula is C13H14F4N2O4S. The van der Waals surface area contributed by atoms with Crippen LogP contribution in [-0.4, -0.2) is 45.4 Å². The highest BCUT2D eigenvalue weighted by molar-refractivity contribution is 7.89. The third-order valence-electron chi connectivity index (χ3n) is 3.36. The summed E-state index contributed by atoms with van der Waals surface area (Å²) in [4.78, 5) is 9.79. The van der Waals surface area contributed by atoms with Gasteiger partial charge in [-0.25, -0.2) is 17.2 Å². The van der Waals surface area contributed by atoms with Crippen LogP contribution in [0.2, 0.25) is 0 Å². The second-order valence-corrected chi connectivity index (χ2v) is 7.20. The third kappa shape index (κ3) is 3.31. The zero-order chi connectivity index (χ0) is 18.2. The molecule has 0 aliphatic heterocycles. The van der Waals surface area contributed by atoms with E-state index in [-0.39, 0.29) is 6.04 Å². The van der Waals surface area contributed by atoms with Gasteiger partial charge in [0.05, 0.1) is 13.7 Å². The lowest BCUT2D eigenvalue weighted by molar-refractivity contribution is -0.121. The number of ether oxygens (including phenoxy) is 1. The molecule has 1 aliphatic rings. The van der Waals surface area contributed by atoms with Crippen molar-refractivity contribution in [1.82, 2.24) is 9.62 Å². The summed E-state index contributed by atoms with van der Waals surface area (Å²) in [6, 6.07) is -0.0575. The molecule has 6 nitrogen and oxygen atoms in total. The molecule has 1 saturated carbocycles. The third-order valence-corrected chi connectivity index (χ3v) is 5.19. The normalized spacial score (nSPS) is 14.8. The SMILES string of the molecule is COc1c(F)c(F)c(S(=O)(=O)N(C)CC(=O)NC2CC2)c(F)c1F. The van der Waals surface area contributed by atoms with Gasteiger partial charge in [-0.15, -0.1) is 0 Å². The van der Waals surface area contributed by atoms with Crippen molar-refractivity contribution in [2.45, 2.75) is 23.8 Å². The van der Waals surface area contributed by atoms with Gasteiger partial charge in [-0.3, -0.25) is 4.79 Å². The average Bonchev–Trinajstić information content (AvgIpc) is 3.29. The van der Waals surface area contributed by atoms with Crippen molar-refractivity contribution < 1.29 is 35.5 Å². The quantitative estimate of drug-likeness (QED) is 0.602. The lowest BCUT2D eigenvalue weighted by atomic mass is 10.3. The van der Waals surface area contributed by atoms with E-state index in [0.29, 0.717) is 4.31 Å². The number of hydrogen-bond acceptors (Lipinski definition) is 4. The van der Waals surface area contributed by atoms with Gasteiger partial charge in [-0.05, 0) is 12.8 Å². The number of rotatable bonds is 6. The van der Waals surface area contributed by atoms with Gasteiger partial charge in [-0.2, -0.15) is 13.1 Å². The molecule has 0 unspecified atom stereocenters. The van der Waals surface area contributed by atoms with Crippen molar-refractivity contribution in [3.63, 3.8) is 0 Å². The van der Waals surface area contributed by atoms with Crippen LogP contribution >= 0.6 is 0 Å². The Kier molecular flexibility index (Phi) is 5.04. The van der Waals surface area contributed by atoms with Gasteiger partial charge in [0.15, 0.2) is 22.3 Å². The van der Waals surface area contributed by atoms with Crippen LogP contribution in [-0.2, 0) is 14.8 Å². The molecule has 11 heteroatoms. The van der Waals surface area contributed by atoms with Crippen molar-refractivity contribution in [3.05, 3.63) is 23.3 Å². The number of halogens is 4. The summed E-state index contributed by atoms with van der Waals surface area (Å²) in [6.45, 7) is -0.757. The van der Waals surface area contributed by atoms with E-state index in [2.05, 4.69) is 10.1 Å². The number of benzene rings is 1. The zero-order valence-electron chi connectivity index (χ0n) is 12.7. The highest BCUT2D eigenvalue weighted by Gasteiger charge is 2.37. The summed E-state index contributed by atoms with van der Waals surface area (Å²) < 4.78 is 84.1. The van der Waals surface area contributed by atoms with Crippen LogP contribution in [0.15, 0.2) is 4.90 Å². The summed E-state index contributed by atoms with van der Waals surface area (Å²) in [5.74, 6) is -10.3. The molecular weight excluding hydrogens is 356 g/mol. The maximum atomic E-state index is 13.9. The number of amides is 1. The van der Waals surface area contributed by atoms with E-state index in [1.165, 1.54) is 0 Å². The molecule has 2 rings (SSSR count). The van der Waals surface area contributed by atoms with Crippen LogP contribution < -0.4 is 10.1 Å². The fourth-order valence-electron chi connectivity index (χ4n) is 1.94. The van der Waals surface area contributed by atoms with Gasteiger partial charge in [0.2, 0.25) is 27.6 Å². The topological polar surface area (TPSA) is 75.7 Å². The van der Waals surface area contributed by atoms with Gasteiger partial charge < -0.3 is 10.1 Å². The number of hydrogen-bond donors (Lipinski definition) is 1. The van der Waals surface area contributed by atoms with E-state index < -0.39 is 56.4 Å². The predicted molar refractivity (Wildman–Crippen MR) is 73.8 cm³/mol. The van der Waals surface area contributed by atoms with Gasteiger partial charge in [-0.1, -0.05) is 0 Å². The molecule has 24 heavy (non-hydrogen) atoms. The first-order valence-corrected chi connectivity index (χ1v) is 8.20. The summed E-state index contributed by atoms with van der Waals surface area (Å²) in [7, 11) is -3.37. The second-order valence-electron chi connectivity index (χ2n) is 5.22. The van der Waals surface area contributed by atoms with Crippen molar-refractivity contribution >= 4 is 15.9 Å². The number of methoxy groups -OCH3 is 1. The molecule has 134 valence electrons. The van der Waals surface area contributed by atoms with Crippen LogP contribution in [0.4, 0.5) is 17.6 Å². The number of carbonyl (C=O) groups is 1. The number of likely N-dealkylation sites (N-methyl/N-ethyl adjacent to an activating group) is 1. The number of carbonyl (C=O) groups excluding carboxylic acids is 1. The summed E-state index contributed by atoms with van der Waals surface area (Å²) in [5.41, 5.74) is 0. The molecule has 1 N–H and O–H groups in total. The van der Waals surface area contributed by atoms with E-state index >= 15 is 0 Å². The van der Waals surface area contributed by atoms with Gasteiger partial charge >= 0.3 is 0 Å². The minimum absolute atomic E-state index is 0.0575. The summed E-state index contributed by atoms with van der Waals surface area (Å²) in [6.07, 6.45) is 1.50. The molecule has 1 aliphatic carbocycles. The smallest absolute Gasteiger partial charge is 0.249 e. The predicted octanol–water partition coefficient (Wildman–Crippen LogP) is 1.15. The molecule has 0 bridgehead atoms. The Morgan fingerprint density at radius 2 is 1.67 bits per heavy atom. The summed E-state index contributed by atoms with van der Waals surface area (Å²) >= 11 is 0. The van der Waals surface area contributed by atoms with Crippen molar-refractivity contribution in [1.29, 1.82) is 0 Å². The highest BCUT2D eigenvalue weighted by atomic mass is 32.2. The first kappa shape index (κ1) is 18.5. The number of nitrogens with one attached hydrogen (secondary N) is 1. The summed E-state index contributed by atoms with van der Waals surface area (Å²) in [5, 5.41) is 2.48. The van der Waals surface area contributed by atoms with E-state index in [1.54, 1.807) is 0 Å². The maximum absolute atomic E-state index is 13.9. The van der Waals surface area contributed by atoms with Crippen LogP contribution in [0.5, 0.6) is 5.75 Å². The Morgan fingerprint density at radius 3 is 2.08 bits per heavy atom. The molecule has 0 aromatic heterocycles. The Labute approximate surface area is 135 Å². The molecule has 0 radical (unpaired) electrons. The highest BCUT2D eigenvalue weighted by Crippen LogP contribution is 2.33. The van der Waals surface area contributed by atoms with Crippen molar-refractivity contribution in [3.8, 4) is 5.75 Å². The Hall–Kier alpha value is -1.88. The van der Waals surface area contributed by atoms with E-state index in [9.17, 15) is 30.8 Å². The fraction of sp³-hybridized carbons (Fsp3) is 0.462. The van der Waals surface area contributed by atoms with Crippen LogP contribution in [0.1, 0.15) is 12.8 Å². The van der Waals surface area contributed by atoms with Crippen LogP contribution in [0.25, 0.3) is 0 Å². The Balaban J connectivity index is 2.39. The lowest BCUT2D eigenvalue weighted by Gasteiger charge is -2.18. The fourth-order valence-corrected chi connectivity index (χ4v) is 3.17. The molecule has 1 fully saturated rings. The van der Waals surface area contributed by atoms with Crippen LogP contribution in [0, 0.1) is 23.3 Å². The van der Waals surface area contributed by atoms with E-state index in [0.717, 1.165) is 27.0 Å². The lowest BCUT2D eigenvalue weighted by Crippen LogP contribution is -2.39. The maximum Gasteiger partial charge on any atom is 0.249 e. The minimum Gasteiger partial charge on any atom is -0.491 e. The molecule has 1 aromatic rings. The minimum atomic E-state index is -4.99. The standard InChI is InChI=1S/C13H14F4N2O4S/c1-19(5-7(20)18-6-3-4-6)24(21,22)13-10(16)8(14)12(23-2)9(15)11(13)17/h6H,3-5H2,1-2H3,(H,18,20). The second kappa shape index (κ2) is 6.55. The monoisotopic (exact) mass is 370 g/mol. The number of nitrogens with zero attached hydrogens (tertiary/aromatic N) is 1. The van der Waals surface area contributed by atoms with E-state index in [1.807, 2.05) is 0 Å². The Morgan fingerprint density at radius 1 is 1.17 bits per heavy atom. The molecule has 0 atom stereocenters. The molecule has 1 aromatic carbocycles. The molecule has 0 saturated heterocycles. The molecule has 0 spiro atoms. The van der Waals surface area contributed by atoms with Gasteiger partial charge in [0.1, 0.15) is 0 Å². The first-order valence-electron chi connectivity index (χ1n) is 6.76. The van der Waals surface area contributed by atoms with Crippen molar-refractivity contribution in [2.75, 3.05) is 20.7 Å². The largest absolute Gasteiger partial charge is 0.491 e. The Bertz CT molecular complexity index is 752.